The zero-order chi connectivity index (χ0) is 8.93. The van der Waals surface area contributed by atoms with Crippen molar-refractivity contribution in [3.05, 3.63) is 12.2 Å². The first-order chi connectivity index (χ1) is 5.50. The maximum atomic E-state index is 6.21. The Hall–Kier alpha value is 1.70. The molecule has 68 valence electrons. The van der Waals surface area contributed by atoms with Gasteiger partial charge in [-0.15, -0.1) is 0 Å². The van der Waals surface area contributed by atoms with Gasteiger partial charge in [-0.05, 0) is 0 Å². The number of fused-ring (bicyclic) bond motifs is 2. The summed E-state index contributed by atoms with van der Waals surface area (Å²) in [6.45, 7) is 0. The summed E-state index contributed by atoms with van der Waals surface area (Å²) in [6, 6.07) is 0. The zero-order valence-corrected chi connectivity index (χ0v) is 12.1. The normalized spacial score (nSPS) is 45.7. The summed E-state index contributed by atoms with van der Waals surface area (Å²) >= 11 is 2.89. The van der Waals surface area contributed by atoms with Crippen LogP contribution in [-0.2, 0) is 0 Å². The first-order valence-corrected chi connectivity index (χ1v) is 16.8. The molecule has 0 nitrogen and oxygen atoms in total. The second-order valence-corrected chi connectivity index (χ2v) is 24.8. The Morgan fingerprint density at radius 3 is 2.00 bits per heavy atom. The molecule has 0 radical (unpaired) electrons. The Morgan fingerprint density at radius 1 is 1.08 bits per heavy atom. The second kappa shape index (κ2) is 3.37. The first kappa shape index (κ1) is 10.2. The van der Waals surface area contributed by atoms with Crippen LogP contribution in [0.3, 0.4) is 0 Å². The van der Waals surface area contributed by atoms with E-state index in [0.717, 1.165) is 6.42 Å². The Kier molecular flexibility index (Phi) is 2.87. The van der Waals surface area contributed by atoms with Crippen LogP contribution in [0.15, 0.2) is 12.2 Å². The molecule has 2 aliphatic rings. The summed E-state index contributed by atoms with van der Waals surface area (Å²) < 4.78 is 0.195. The topological polar surface area (TPSA) is 0 Å². The van der Waals surface area contributed by atoms with Crippen molar-refractivity contribution in [2.45, 2.75) is 15.7 Å². The average molecular weight is 353 g/mol. The van der Waals surface area contributed by atoms with Crippen molar-refractivity contribution >= 4 is 53.4 Å². The van der Waals surface area contributed by atoms with Gasteiger partial charge in [0.1, 0.15) is 0 Å². The van der Waals surface area contributed by atoms with Crippen molar-refractivity contribution in [3.8, 4) is 0 Å². The van der Waals surface area contributed by atoms with Crippen molar-refractivity contribution in [1.82, 2.24) is 0 Å². The van der Waals surface area contributed by atoms with E-state index >= 15 is 0 Å². The molecule has 0 N–H and O–H groups in total. The predicted molar refractivity (Wildman–Crippen MR) is 57.4 cm³/mol. The molecule has 0 unspecified atom stereocenters. The predicted octanol–water partition coefficient (Wildman–Crippen LogP) is 3.83. The van der Waals surface area contributed by atoms with E-state index in [9.17, 15) is 0 Å². The van der Waals surface area contributed by atoms with Crippen molar-refractivity contribution in [3.63, 3.8) is 0 Å². The van der Waals surface area contributed by atoms with Gasteiger partial charge in [0.05, 0.1) is 0 Å². The number of hydrogen-bond donors (Lipinski definition) is 0. The monoisotopic (exact) mass is 352 g/mol. The van der Waals surface area contributed by atoms with Gasteiger partial charge in [-0.2, -0.15) is 0 Å². The summed E-state index contributed by atoms with van der Waals surface area (Å²) in [7, 11) is 18.2. The van der Waals surface area contributed by atoms with E-state index in [2.05, 4.69) is 12.2 Å². The van der Waals surface area contributed by atoms with Gasteiger partial charge in [-0.3, -0.25) is 0 Å². The van der Waals surface area contributed by atoms with Gasteiger partial charge >= 0.3 is 93.1 Å². The Morgan fingerprint density at radius 2 is 1.67 bits per heavy atom. The fraction of sp³-hybridized carbons (Fsp3) is 0.714. The van der Waals surface area contributed by atoms with E-state index in [1.165, 1.54) is 0 Å². The van der Waals surface area contributed by atoms with Crippen LogP contribution in [0, 0.1) is 11.8 Å². The van der Waals surface area contributed by atoms with E-state index in [-0.39, 0.29) is 9.31 Å². The summed E-state index contributed by atoms with van der Waals surface area (Å²) in [6.07, 6.45) is 5.44. The molecule has 5 heteroatoms. The zero-order valence-electron chi connectivity index (χ0n) is 6.18. The summed E-state index contributed by atoms with van der Waals surface area (Å²) in [5, 5.41) is 0.0864. The van der Waals surface area contributed by atoms with Crippen LogP contribution in [0.2, 0.25) is 3.93 Å². The average Bonchev–Trinajstić information content (AvgIpc) is 2.42. The van der Waals surface area contributed by atoms with Crippen LogP contribution in [-0.4, -0.2) is 20.4 Å². The fourth-order valence-corrected chi connectivity index (χ4v) is 14.9. The summed E-state index contributed by atoms with van der Waals surface area (Å²) in [4.78, 5) is 0. The van der Waals surface area contributed by atoms with Crippen LogP contribution in [0.1, 0.15) is 6.42 Å². The minimum atomic E-state index is -3.32. The second-order valence-electron chi connectivity index (χ2n) is 3.46. The van der Waals surface area contributed by atoms with Gasteiger partial charge in [0.2, 0.25) is 0 Å². The molecule has 0 aromatic rings. The molecule has 2 rings (SSSR count). The van der Waals surface area contributed by atoms with Crippen LogP contribution in [0.25, 0.3) is 0 Å². The first-order valence-electron chi connectivity index (χ1n) is 3.89. The molecule has 0 spiro atoms. The molecule has 0 amide bonds. The molecule has 4 atom stereocenters. The molecule has 0 aromatic heterocycles. The summed E-state index contributed by atoms with van der Waals surface area (Å²) in [5.74, 6) is 0.926. The number of halogens is 4. The third-order valence-electron chi connectivity index (χ3n) is 2.74. The van der Waals surface area contributed by atoms with Gasteiger partial charge in [-0.25, -0.2) is 0 Å². The van der Waals surface area contributed by atoms with Gasteiger partial charge in [0.15, 0.2) is 0 Å². The molecule has 0 saturated heterocycles. The maximum absolute atomic E-state index is 6.21. The summed E-state index contributed by atoms with van der Waals surface area (Å²) in [5.41, 5.74) is 0. The minimum absolute atomic E-state index is 0.0864. The van der Waals surface area contributed by atoms with Crippen LogP contribution in [0.5, 0.6) is 0 Å². The third kappa shape index (κ3) is 1.63. The van der Waals surface area contributed by atoms with E-state index in [1.54, 1.807) is 0 Å². The van der Waals surface area contributed by atoms with Crippen LogP contribution >= 0.6 is 38.4 Å². The fourth-order valence-electron chi connectivity index (χ4n) is 2.19. The van der Waals surface area contributed by atoms with Crippen LogP contribution < -0.4 is 0 Å². The van der Waals surface area contributed by atoms with Crippen molar-refractivity contribution in [2.75, 3.05) is 0 Å². The number of rotatable bonds is 1. The van der Waals surface area contributed by atoms with E-state index in [4.69, 9.17) is 38.4 Å². The van der Waals surface area contributed by atoms with Crippen molar-refractivity contribution < 1.29 is 0 Å². The van der Waals surface area contributed by atoms with E-state index in [0.29, 0.717) is 11.8 Å². The third-order valence-corrected chi connectivity index (χ3v) is 13.4. The molecular weight excluding hydrogens is 345 g/mol. The molecule has 12 heavy (non-hydrogen) atoms. The van der Waals surface area contributed by atoms with Gasteiger partial charge in [-0.1, -0.05) is 0 Å². The number of alkyl halides is 1. The quantitative estimate of drug-likeness (QED) is 0.382. The number of hydrogen-bond acceptors (Lipinski definition) is 0. The molecule has 1 fully saturated rings. The van der Waals surface area contributed by atoms with Gasteiger partial charge in [0, 0.05) is 0 Å². The molecule has 0 aromatic carbocycles. The van der Waals surface area contributed by atoms with E-state index < -0.39 is 15.0 Å². The Balaban J connectivity index is 2.24. The molecule has 0 aliphatic heterocycles. The molecule has 1 saturated carbocycles. The standard InChI is InChI=1S/C7H8Cl.3ClH.Sn/c8-7-4-5-1-2-6(7)3-5;;;;/h1-2,4-7H,3H2;3*1H;/q;;;;+3/p-3/t5-,6+,7+;;;;/m0..../s1. The van der Waals surface area contributed by atoms with Gasteiger partial charge < -0.3 is 0 Å². The van der Waals surface area contributed by atoms with Crippen molar-refractivity contribution in [1.29, 1.82) is 0 Å². The van der Waals surface area contributed by atoms with E-state index in [1.807, 2.05) is 0 Å². The molecular formula is C7H8Cl4Sn. The molecule has 2 bridgehead atoms. The Labute approximate surface area is 92.2 Å². The Bertz CT molecular complexity index is 222. The van der Waals surface area contributed by atoms with Crippen LogP contribution in [0.4, 0.5) is 0 Å². The molecule has 0 heterocycles. The molecule has 2 aliphatic carbocycles. The number of allylic oxidation sites excluding steroid dienone is 2. The van der Waals surface area contributed by atoms with Crippen molar-refractivity contribution in [2.24, 2.45) is 11.8 Å². The SMILES string of the molecule is Cl[C@@H]1[C@H]([Sn]([Cl])([Cl])[Cl])[C@H]2C=C[C@@H]1C2. The van der Waals surface area contributed by atoms with Gasteiger partial charge in [0.25, 0.3) is 0 Å².